The molecule has 2 fully saturated rings. The molecule has 4 nitrogen and oxygen atoms in total. The van der Waals surface area contributed by atoms with Gasteiger partial charge in [-0.3, -0.25) is 4.79 Å². The highest BCUT2D eigenvalue weighted by Crippen LogP contribution is 2.38. The van der Waals surface area contributed by atoms with E-state index in [1.54, 1.807) is 0 Å². The zero-order chi connectivity index (χ0) is 13.5. The van der Waals surface area contributed by atoms with Crippen LogP contribution < -0.4 is 5.32 Å². The number of aromatic nitrogens is 1. The third-order valence-corrected chi connectivity index (χ3v) is 4.64. The second-order valence-corrected chi connectivity index (χ2v) is 5.81. The van der Waals surface area contributed by atoms with Gasteiger partial charge in [-0.2, -0.15) is 0 Å². The Morgan fingerprint density at radius 3 is 3.20 bits per heavy atom. The van der Waals surface area contributed by atoms with Gasteiger partial charge in [0.2, 0.25) is 5.91 Å². The number of rotatable bonds is 3. The fraction of sp³-hybridized carbons (Fsp3) is 0.438. The minimum atomic E-state index is 0.116. The molecule has 1 aromatic heterocycles. The van der Waals surface area contributed by atoms with Crippen LogP contribution in [0.5, 0.6) is 0 Å². The lowest BCUT2D eigenvalue weighted by Crippen LogP contribution is -2.53. The van der Waals surface area contributed by atoms with E-state index in [1.807, 2.05) is 24.4 Å². The van der Waals surface area contributed by atoms with Crippen molar-refractivity contribution in [2.45, 2.75) is 31.4 Å². The Hall–Kier alpha value is -1.81. The quantitative estimate of drug-likeness (QED) is 0.896. The van der Waals surface area contributed by atoms with Crippen molar-refractivity contribution in [3.8, 4) is 0 Å². The van der Waals surface area contributed by atoms with E-state index in [0.717, 1.165) is 35.9 Å². The van der Waals surface area contributed by atoms with Crippen LogP contribution in [0.3, 0.4) is 0 Å². The molecule has 0 unspecified atom stereocenters. The summed E-state index contributed by atoms with van der Waals surface area (Å²) in [4.78, 5) is 15.4. The third kappa shape index (κ3) is 1.91. The molecule has 4 rings (SSSR count). The fourth-order valence-electron chi connectivity index (χ4n) is 3.47. The van der Waals surface area contributed by atoms with Crippen molar-refractivity contribution in [3.63, 3.8) is 0 Å². The summed E-state index contributed by atoms with van der Waals surface area (Å²) < 4.78 is 5.57. The van der Waals surface area contributed by atoms with Crippen LogP contribution in [-0.4, -0.2) is 29.6 Å². The van der Waals surface area contributed by atoms with Gasteiger partial charge >= 0.3 is 0 Å². The summed E-state index contributed by atoms with van der Waals surface area (Å²) in [6.07, 6.45) is 4.84. The van der Waals surface area contributed by atoms with Crippen LogP contribution in [0.25, 0.3) is 10.9 Å². The number of carbonyl (C=O) groups is 1. The molecule has 0 spiro atoms. The summed E-state index contributed by atoms with van der Waals surface area (Å²) in [5.74, 6) is 0.659. The summed E-state index contributed by atoms with van der Waals surface area (Å²) in [7, 11) is 0. The van der Waals surface area contributed by atoms with E-state index < -0.39 is 0 Å². The Morgan fingerprint density at radius 1 is 1.40 bits per heavy atom. The Balaban J connectivity index is 1.42. The summed E-state index contributed by atoms with van der Waals surface area (Å²) in [6, 6.07) is 8.41. The first-order valence-electron chi connectivity index (χ1n) is 7.27. The maximum absolute atomic E-state index is 12.2. The number of para-hydroxylation sites is 1. The van der Waals surface area contributed by atoms with Crippen molar-refractivity contribution in [1.29, 1.82) is 0 Å². The number of H-pyrrole nitrogens is 1. The summed E-state index contributed by atoms with van der Waals surface area (Å²) in [5, 5.41) is 4.30. The molecule has 1 aliphatic carbocycles. The number of benzene rings is 1. The molecule has 0 bridgehead atoms. The number of amides is 1. The number of aromatic amines is 1. The van der Waals surface area contributed by atoms with E-state index in [9.17, 15) is 4.79 Å². The number of hydrogen-bond donors (Lipinski definition) is 2. The number of nitrogens with one attached hydrogen (secondary N) is 2. The highest BCUT2D eigenvalue weighted by Gasteiger charge is 2.45. The van der Waals surface area contributed by atoms with Gasteiger partial charge in [0.05, 0.1) is 12.5 Å². The number of hydrogen-bond acceptors (Lipinski definition) is 2. The molecule has 20 heavy (non-hydrogen) atoms. The zero-order valence-corrected chi connectivity index (χ0v) is 11.3. The third-order valence-electron chi connectivity index (χ3n) is 4.64. The van der Waals surface area contributed by atoms with Crippen LogP contribution in [0.1, 0.15) is 18.4 Å². The lowest BCUT2D eigenvalue weighted by atomic mass is 9.76. The van der Waals surface area contributed by atoms with Gasteiger partial charge in [0, 0.05) is 35.7 Å². The highest BCUT2D eigenvalue weighted by atomic mass is 16.5. The van der Waals surface area contributed by atoms with Crippen molar-refractivity contribution in [2.24, 2.45) is 5.92 Å². The average Bonchev–Trinajstić information content (AvgIpc) is 3.01. The molecule has 1 amide bonds. The molecule has 104 valence electrons. The van der Waals surface area contributed by atoms with Crippen molar-refractivity contribution >= 4 is 16.8 Å². The SMILES string of the molecule is O=C(Cc1c[nH]c2ccccc12)N[C@H]1C[C@@H]2OCC[C@H]12. The second kappa shape index (κ2) is 4.63. The van der Waals surface area contributed by atoms with Gasteiger partial charge in [0.1, 0.15) is 0 Å². The monoisotopic (exact) mass is 270 g/mol. The number of carbonyl (C=O) groups excluding carboxylic acids is 1. The van der Waals surface area contributed by atoms with Crippen LogP contribution in [0, 0.1) is 5.92 Å². The lowest BCUT2D eigenvalue weighted by Gasteiger charge is -2.39. The molecular weight excluding hydrogens is 252 g/mol. The second-order valence-electron chi connectivity index (χ2n) is 5.81. The van der Waals surface area contributed by atoms with Crippen LogP contribution in [-0.2, 0) is 16.0 Å². The molecule has 1 saturated heterocycles. The van der Waals surface area contributed by atoms with E-state index in [-0.39, 0.29) is 5.91 Å². The Bertz CT molecular complexity index is 649. The van der Waals surface area contributed by atoms with Gasteiger partial charge in [-0.15, -0.1) is 0 Å². The highest BCUT2D eigenvalue weighted by molar-refractivity contribution is 5.88. The van der Waals surface area contributed by atoms with Gasteiger partial charge < -0.3 is 15.0 Å². The van der Waals surface area contributed by atoms with Crippen molar-refractivity contribution < 1.29 is 9.53 Å². The van der Waals surface area contributed by atoms with Crippen molar-refractivity contribution in [3.05, 3.63) is 36.0 Å². The molecule has 4 heteroatoms. The molecule has 1 aromatic carbocycles. The molecular formula is C16H18N2O2. The van der Waals surface area contributed by atoms with Crippen LogP contribution in [0.15, 0.2) is 30.5 Å². The van der Waals surface area contributed by atoms with Crippen LogP contribution in [0.4, 0.5) is 0 Å². The van der Waals surface area contributed by atoms with Gasteiger partial charge in [-0.1, -0.05) is 18.2 Å². The minimum absolute atomic E-state index is 0.116. The van der Waals surface area contributed by atoms with Gasteiger partial charge in [0.15, 0.2) is 0 Å². The topological polar surface area (TPSA) is 54.1 Å². The Labute approximate surface area is 117 Å². The molecule has 2 aromatic rings. The summed E-state index contributed by atoms with van der Waals surface area (Å²) in [5.41, 5.74) is 2.15. The molecule has 1 aliphatic heterocycles. The first kappa shape index (κ1) is 12.0. The summed E-state index contributed by atoms with van der Waals surface area (Å²) >= 11 is 0. The molecule has 3 atom stereocenters. The fourth-order valence-corrected chi connectivity index (χ4v) is 3.47. The average molecular weight is 270 g/mol. The minimum Gasteiger partial charge on any atom is -0.378 e. The maximum atomic E-state index is 12.2. The van der Waals surface area contributed by atoms with Gasteiger partial charge in [0.25, 0.3) is 0 Å². The van der Waals surface area contributed by atoms with Crippen LogP contribution in [0.2, 0.25) is 0 Å². The van der Waals surface area contributed by atoms with E-state index in [4.69, 9.17) is 4.74 Å². The Morgan fingerprint density at radius 2 is 2.30 bits per heavy atom. The zero-order valence-electron chi connectivity index (χ0n) is 11.3. The van der Waals surface area contributed by atoms with Crippen LogP contribution >= 0.6 is 0 Å². The lowest BCUT2D eigenvalue weighted by molar-refractivity contribution is -0.123. The Kier molecular flexibility index (Phi) is 2.77. The predicted octanol–water partition coefficient (Wildman–Crippen LogP) is 2.00. The molecule has 2 aliphatic rings. The van der Waals surface area contributed by atoms with E-state index >= 15 is 0 Å². The standard InChI is InChI=1S/C16H18N2O2/c19-16(18-14-8-15-12(14)5-6-20-15)7-10-9-17-13-4-2-1-3-11(10)13/h1-4,9,12,14-15,17H,5-8H2,(H,18,19)/t12-,14+,15+/m1/s1. The number of ether oxygens (including phenoxy) is 1. The molecule has 2 N–H and O–H groups in total. The van der Waals surface area contributed by atoms with Gasteiger partial charge in [-0.05, 0) is 24.5 Å². The van der Waals surface area contributed by atoms with Crippen molar-refractivity contribution in [1.82, 2.24) is 10.3 Å². The first-order valence-corrected chi connectivity index (χ1v) is 7.27. The van der Waals surface area contributed by atoms with E-state index in [2.05, 4.69) is 16.4 Å². The number of fused-ring (bicyclic) bond motifs is 2. The van der Waals surface area contributed by atoms with Crippen molar-refractivity contribution in [2.75, 3.05) is 6.61 Å². The normalized spacial score (nSPS) is 28.1. The smallest absolute Gasteiger partial charge is 0.224 e. The molecule has 0 radical (unpaired) electrons. The van der Waals surface area contributed by atoms with E-state index in [1.165, 1.54) is 0 Å². The van der Waals surface area contributed by atoms with E-state index in [0.29, 0.717) is 24.5 Å². The predicted molar refractivity (Wildman–Crippen MR) is 76.4 cm³/mol. The molecule has 1 saturated carbocycles. The first-order chi connectivity index (χ1) is 9.81. The largest absolute Gasteiger partial charge is 0.378 e. The summed E-state index contributed by atoms with van der Waals surface area (Å²) in [6.45, 7) is 0.851. The van der Waals surface area contributed by atoms with Gasteiger partial charge in [-0.25, -0.2) is 0 Å². The maximum Gasteiger partial charge on any atom is 0.224 e. The molecule has 2 heterocycles.